The molecule has 1 heterocycles. The Balaban J connectivity index is 1.53. The van der Waals surface area contributed by atoms with Gasteiger partial charge in [-0.1, -0.05) is 35.9 Å². The van der Waals surface area contributed by atoms with Crippen LogP contribution >= 0.6 is 23.4 Å². The first-order valence-corrected chi connectivity index (χ1v) is 9.70. The van der Waals surface area contributed by atoms with Crippen LogP contribution < -0.4 is 5.32 Å². The maximum Gasteiger partial charge on any atom is 0.317 e. The molecule has 0 spiro atoms. The lowest BCUT2D eigenvalue weighted by Gasteiger charge is -2.13. The number of ether oxygens (including phenoxy) is 1. The number of esters is 1. The van der Waals surface area contributed by atoms with Gasteiger partial charge in [-0.3, -0.25) is 9.59 Å². The van der Waals surface area contributed by atoms with Crippen molar-refractivity contribution < 1.29 is 18.7 Å². The predicted molar refractivity (Wildman–Crippen MR) is 106 cm³/mol. The van der Waals surface area contributed by atoms with Gasteiger partial charge in [0.15, 0.2) is 6.10 Å². The minimum atomic E-state index is -0.885. The summed E-state index contributed by atoms with van der Waals surface area (Å²) in [6.45, 7) is 1.78. The van der Waals surface area contributed by atoms with Crippen molar-refractivity contribution in [2.75, 3.05) is 5.75 Å². The van der Waals surface area contributed by atoms with E-state index < -0.39 is 12.1 Å². The number of hydrogen-bond acceptors (Lipinski definition) is 5. The van der Waals surface area contributed by atoms with Crippen LogP contribution in [0.5, 0.6) is 0 Å². The number of rotatable bonds is 7. The second-order valence-electron chi connectivity index (χ2n) is 5.81. The molecule has 0 radical (unpaired) electrons. The fraction of sp³-hybridized carbons (Fsp3) is 0.200. The maximum atomic E-state index is 12.1. The molecule has 0 fully saturated rings. The molecule has 1 aromatic heterocycles. The summed E-state index contributed by atoms with van der Waals surface area (Å²) in [5, 5.41) is 5.21. The van der Waals surface area contributed by atoms with Gasteiger partial charge in [0.05, 0.1) is 18.6 Å². The number of amides is 1. The van der Waals surface area contributed by atoms with Crippen LogP contribution in [0.15, 0.2) is 64.1 Å². The number of benzene rings is 2. The van der Waals surface area contributed by atoms with E-state index in [9.17, 15) is 9.59 Å². The molecule has 0 saturated carbocycles. The number of fused-ring (bicyclic) bond motifs is 1. The zero-order valence-corrected chi connectivity index (χ0v) is 16.2. The lowest BCUT2D eigenvalue weighted by Crippen LogP contribution is -2.35. The van der Waals surface area contributed by atoms with Gasteiger partial charge in [-0.15, -0.1) is 11.8 Å². The van der Waals surface area contributed by atoms with E-state index in [4.69, 9.17) is 20.8 Å². The van der Waals surface area contributed by atoms with Gasteiger partial charge in [0.1, 0.15) is 5.76 Å². The first-order chi connectivity index (χ1) is 13.0. The fourth-order valence-corrected chi connectivity index (χ4v) is 3.76. The van der Waals surface area contributed by atoms with Crippen molar-refractivity contribution in [1.29, 1.82) is 0 Å². The van der Waals surface area contributed by atoms with E-state index in [1.165, 1.54) is 24.9 Å². The van der Waals surface area contributed by atoms with Gasteiger partial charge in [0.2, 0.25) is 0 Å². The van der Waals surface area contributed by atoms with E-state index in [1.807, 2.05) is 36.4 Å². The minimum Gasteiger partial charge on any atom is -0.467 e. The number of halogens is 1. The molecular formula is C20H18ClNO4S. The number of carbonyl (C=O) groups is 2. The Kier molecular flexibility index (Phi) is 6.42. The van der Waals surface area contributed by atoms with Crippen LogP contribution in [0.1, 0.15) is 12.7 Å². The summed E-state index contributed by atoms with van der Waals surface area (Å²) in [4.78, 5) is 25.0. The topological polar surface area (TPSA) is 68.5 Å². The molecule has 1 amide bonds. The second-order valence-corrected chi connectivity index (χ2v) is 7.24. The average Bonchev–Trinajstić information content (AvgIpc) is 3.18. The van der Waals surface area contributed by atoms with Crippen molar-refractivity contribution in [3.63, 3.8) is 0 Å². The molecule has 5 nitrogen and oxygen atoms in total. The second kappa shape index (κ2) is 8.97. The summed E-state index contributed by atoms with van der Waals surface area (Å²) in [5.74, 6) is -0.131. The standard InChI is InChI=1S/C20H18ClNO4S/c1-13(20(24)22-11-15-7-4-10-25-15)26-18(23)12-27-17-9-3-6-14-5-2-8-16(21)19(14)17/h2-10,13H,11-12H2,1H3,(H,22,24)/t13-/m0/s1. The van der Waals surface area contributed by atoms with Crippen LogP contribution in [0.2, 0.25) is 5.02 Å². The number of thioether (sulfide) groups is 1. The van der Waals surface area contributed by atoms with E-state index >= 15 is 0 Å². The molecule has 0 aliphatic carbocycles. The van der Waals surface area contributed by atoms with Crippen LogP contribution in [0.25, 0.3) is 10.8 Å². The molecule has 3 rings (SSSR count). The number of hydrogen-bond donors (Lipinski definition) is 1. The Bertz CT molecular complexity index is 937. The molecule has 140 valence electrons. The monoisotopic (exact) mass is 403 g/mol. The Morgan fingerprint density at radius 1 is 1.19 bits per heavy atom. The molecule has 0 unspecified atom stereocenters. The molecule has 0 aliphatic rings. The third-order valence-corrected chi connectivity index (χ3v) is 5.20. The Morgan fingerprint density at radius 2 is 1.96 bits per heavy atom. The summed E-state index contributed by atoms with van der Waals surface area (Å²) in [6, 6.07) is 14.9. The first kappa shape index (κ1) is 19.3. The van der Waals surface area contributed by atoms with Crippen LogP contribution in [0.4, 0.5) is 0 Å². The Labute approximate surface area is 166 Å². The molecule has 0 bridgehead atoms. The highest BCUT2D eigenvalue weighted by molar-refractivity contribution is 8.00. The predicted octanol–water partition coefficient (Wildman–Crippen LogP) is 4.43. The first-order valence-electron chi connectivity index (χ1n) is 8.34. The highest BCUT2D eigenvalue weighted by Crippen LogP contribution is 2.33. The lowest BCUT2D eigenvalue weighted by atomic mass is 10.1. The smallest absolute Gasteiger partial charge is 0.317 e. The van der Waals surface area contributed by atoms with Crippen molar-refractivity contribution in [2.24, 2.45) is 0 Å². The van der Waals surface area contributed by atoms with Crippen molar-refractivity contribution in [3.8, 4) is 0 Å². The number of carbonyl (C=O) groups excluding carboxylic acids is 2. The Morgan fingerprint density at radius 3 is 2.70 bits per heavy atom. The Hall–Kier alpha value is -2.44. The van der Waals surface area contributed by atoms with E-state index in [0.717, 1.165) is 15.7 Å². The zero-order valence-electron chi connectivity index (χ0n) is 14.6. The van der Waals surface area contributed by atoms with Crippen LogP contribution in [0.3, 0.4) is 0 Å². The summed E-state index contributed by atoms with van der Waals surface area (Å²) >= 11 is 7.62. The maximum absolute atomic E-state index is 12.1. The number of nitrogens with one attached hydrogen (secondary N) is 1. The van der Waals surface area contributed by atoms with Gasteiger partial charge in [-0.2, -0.15) is 0 Å². The largest absolute Gasteiger partial charge is 0.467 e. The quantitative estimate of drug-likeness (QED) is 0.467. The zero-order chi connectivity index (χ0) is 19.2. The van der Waals surface area contributed by atoms with E-state index in [2.05, 4.69) is 5.32 Å². The van der Waals surface area contributed by atoms with Crippen molar-refractivity contribution >= 4 is 46.0 Å². The summed E-state index contributed by atoms with van der Waals surface area (Å²) in [6.07, 6.45) is 0.644. The molecular weight excluding hydrogens is 386 g/mol. The molecule has 0 aliphatic heterocycles. The van der Waals surface area contributed by atoms with Gasteiger partial charge >= 0.3 is 5.97 Å². The van der Waals surface area contributed by atoms with Gasteiger partial charge in [0.25, 0.3) is 5.91 Å². The van der Waals surface area contributed by atoms with Gasteiger partial charge in [0, 0.05) is 15.3 Å². The van der Waals surface area contributed by atoms with Crippen molar-refractivity contribution in [1.82, 2.24) is 5.32 Å². The fourth-order valence-electron chi connectivity index (χ4n) is 2.53. The molecule has 7 heteroatoms. The molecule has 27 heavy (non-hydrogen) atoms. The van der Waals surface area contributed by atoms with E-state index in [0.29, 0.717) is 10.8 Å². The normalized spacial score (nSPS) is 11.9. The SMILES string of the molecule is C[C@H](OC(=O)CSc1cccc2cccc(Cl)c12)C(=O)NCc1ccco1. The van der Waals surface area contributed by atoms with Gasteiger partial charge in [-0.05, 0) is 36.6 Å². The highest BCUT2D eigenvalue weighted by Gasteiger charge is 2.18. The molecule has 1 N–H and O–H groups in total. The summed E-state index contributed by atoms with van der Waals surface area (Å²) in [5.41, 5.74) is 0. The summed E-state index contributed by atoms with van der Waals surface area (Å²) in [7, 11) is 0. The van der Waals surface area contributed by atoms with Gasteiger partial charge in [-0.25, -0.2) is 0 Å². The third kappa shape index (κ3) is 5.05. The number of furan rings is 1. The van der Waals surface area contributed by atoms with Crippen molar-refractivity contribution in [2.45, 2.75) is 24.5 Å². The van der Waals surface area contributed by atoms with E-state index in [-0.39, 0.29) is 18.2 Å². The molecule has 3 aromatic rings. The van der Waals surface area contributed by atoms with Gasteiger partial charge < -0.3 is 14.5 Å². The highest BCUT2D eigenvalue weighted by atomic mass is 35.5. The average molecular weight is 404 g/mol. The van der Waals surface area contributed by atoms with Crippen LogP contribution in [-0.2, 0) is 20.9 Å². The summed E-state index contributed by atoms with van der Waals surface area (Å²) < 4.78 is 10.4. The molecule has 0 saturated heterocycles. The molecule has 1 atom stereocenters. The minimum absolute atomic E-state index is 0.0835. The van der Waals surface area contributed by atoms with E-state index in [1.54, 1.807) is 12.1 Å². The van der Waals surface area contributed by atoms with Crippen LogP contribution in [-0.4, -0.2) is 23.7 Å². The van der Waals surface area contributed by atoms with Crippen molar-refractivity contribution in [3.05, 3.63) is 65.6 Å². The molecule has 2 aromatic carbocycles. The lowest BCUT2D eigenvalue weighted by molar-refractivity contribution is -0.152. The third-order valence-electron chi connectivity index (χ3n) is 3.86. The van der Waals surface area contributed by atoms with Crippen LogP contribution in [0, 0.1) is 0 Å².